The van der Waals surface area contributed by atoms with E-state index in [4.69, 9.17) is 9.11 Å². The monoisotopic (exact) mass is 508 g/mol. The molecule has 0 aromatic heterocycles. The molecule has 0 amide bonds. The van der Waals surface area contributed by atoms with E-state index >= 15 is 0 Å². The number of quaternary nitrogens is 1. The molecule has 192 valence electrons. The number of carbonyl (C=O) groups is 1. The van der Waals surface area contributed by atoms with Crippen molar-refractivity contribution in [3.8, 4) is 0 Å². The first-order chi connectivity index (χ1) is 15.4. The van der Waals surface area contributed by atoms with Crippen molar-refractivity contribution in [1.82, 2.24) is 0 Å². The summed E-state index contributed by atoms with van der Waals surface area (Å²) in [4.78, 5) is 9.14. The molecule has 1 rings (SSSR count). The Morgan fingerprint density at radius 1 is 0.727 bits per heavy atom. The summed E-state index contributed by atoms with van der Waals surface area (Å²) in [5.41, 5.74) is -0.558. The van der Waals surface area contributed by atoms with Crippen molar-refractivity contribution < 1.29 is 35.2 Å². The zero-order valence-corrected chi connectivity index (χ0v) is 22.1. The van der Waals surface area contributed by atoms with Crippen LogP contribution in [0.3, 0.4) is 0 Å². The van der Waals surface area contributed by atoms with Gasteiger partial charge in [0.15, 0.2) is 6.29 Å². The van der Waals surface area contributed by atoms with Gasteiger partial charge in [-0.05, 0) is 43.9 Å². The van der Waals surface area contributed by atoms with Gasteiger partial charge in [0.2, 0.25) is 0 Å². The number of unbranched alkanes of at least 4 members (excludes halogenated alkanes) is 4. The van der Waals surface area contributed by atoms with Crippen LogP contribution in [0.4, 0.5) is 0 Å². The first-order valence-corrected chi connectivity index (χ1v) is 14.7. The van der Waals surface area contributed by atoms with Crippen molar-refractivity contribution in [2.75, 3.05) is 26.2 Å². The number of rotatable bonds is 15. The number of aldehydes is 1. The van der Waals surface area contributed by atoms with Gasteiger partial charge in [-0.15, -0.1) is 0 Å². The molecular formula is C23H42NO7S2+. The van der Waals surface area contributed by atoms with Crippen molar-refractivity contribution in [3.63, 3.8) is 0 Å². The Balaban J connectivity index is 0.000000621. The van der Waals surface area contributed by atoms with Crippen LogP contribution in [0.2, 0.25) is 0 Å². The van der Waals surface area contributed by atoms with E-state index in [9.17, 15) is 21.6 Å². The van der Waals surface area contributed by atoms with Crippen LogP contribution in [-0.4, -0.2) is 62.9 Å². The van der Waals surface area contributed by atoms with Crippen LogP contribution in [0.1, 0.15) is 89.4 Å². The molecule has 0 radical (unpaired) electrons. The fraction of sp³-hybridized carbons (Fsp3) is 0.696. The lowest BCUT2D eigenvalue weighted by atomic mass is 10.1. The summed E-state index contributed by atoms with van der Waals surface area (Å²) in [6, 6.07) is 2.11. The molecule has 0 unspecified atom stereocenters. The topological polar surface area (TPSA) is 126 Å². The van der Waals surface area contributed by atoms with Gasteiger partial charge in [-0.2, -0.15) is 16.8 Å². The predicted octanol–water partition coefficient (Wildman–Crippen LogP) is 5.00. The molecule has 0 fully saturated rings. The van der Waals surface area contributed by atoms with Crippen LogP contribution in [0.15, 0.2) is 28.0 Å². The number of carbonyl (C=O) groups excluding carboxylic acids is 1. The van der Waals surface area contributed by atoms with Crippen molar-refractivity contribution in [3.05, 3.63) is 23.8 Å². The van der Waals surface area contributed by atoms with Crippen LogP contribution in [0.25, 0.3) is 0 Å². The zero-order chi connectivity index (χ0) is 25.5. The van der Waals surface area contributed by atoms with Crippen LogP contribution >= 0.6 is 0 Å². The van der Waals surface area contributed by atoms with Crippen molar-refractivity contribution in [2.45, 2.75) is 88.9 Å². The Kier molecular flexibility index (Phi) is 14.9. The summed E-state index contributed by atoms with van der Waals surface area (Å²) < 4.78 is 61.7. The molecule has 0 aliphatic rings. The minimum Gasteiger partial charge on any atom is -0.324 e. The molecule has 0 aliphatic carbocycles. The Labute approximate surface area is 200 Å². The number of benzene rings is 1. The van der Waals surface area contributed by atoms with Crippen LogP contribution in [0, 0.1) is 0 Å². The third kappa shape index (κ3) is 12.1. The summed E-state index contributed by atoms with van der Waals surface area (Å²) in [6.07, 6.45) is 11.1. The summed E-state index contributed by atoms with van der Waals surface area (Å²) >= 11 is 0. The van der Waals surface area contributed by atoms with Crippen molar-refractivity contribution in [1.29, 1.82) is 0 Å². The molecule has 1 aromatic carbocycles. The molecular weight excluding hydrogens is 466 g/mol. The Hall–Kier alpha value is -1.33. The van der Waals surface area contributed by atoms with E-state index < -0.39 is 35.6 Å². The average molecular weight is 509 g/mol. The molecule has 0 heterocycles. The summed E-state index contributed by atoms with van der Waals surface area (Å²) in [7, 11) is -9.15. The van der Waals surface area contributed by atoms with Crippen molar-refractivity contribution in [2.24, 2.45) is 0 Å². The smallest absolute Gasteiger partial charge is 0.295 e. The van der Waals surface area contributed by atoms with Gasteiger partial charge in [-0.1, -0.05) is 53.4 Å². The van der Waals surface area contributed by atoms with Crippen LogP contribution in [0.5, 0.6) is 0 Å². The van der Waals surface area contributed by atoms with E-state index in [2.05, 4.69) is 27.7 Å². The molecule has 0 bridgehead atoms. The van der Waals surface area contributed by atoms with Crippen LogP contribution in [-0.2, 0) is 20.2 Å². The van der Waals surface area contributed by atoms with Gasteiger partial charge in [0, 0.05) is 5.56 Å². The van der Waals surface area contributed by atoms with Crippen LogP contribution < -0.4 is 0 Å². The minimum absolute atomic E-state index is 0.0534. The number of hydrogen-bond donors (Lipinski definition) is 2. The molecule has 0 spiro atoms. The maximum absolute atomic E-state index is 10.8. The van der Waals surface area contributed by atoms with E-state index in [1.165, 1.54) is 82.0 Å². The third-order valence-corrected chi connectivity index (χ3v) is 7.41. The van der Waals surface area contributed by atoms with Crippen molar-refractivity contribution >= 4 is 26.5 Å². The van der Waals surface area contributed by atoms with E-state index in [-0.39, 0.29) is 6.29 Å². The van der Waals surface area contributed by atoms with E-state index in [1.54, 1.807) is 0 Å². The second-order valence-electron chi connectivity index (χ2n) is 8.42. The highest BCUT2D eigenvalue weighted by Gasteiger charge is 2.24. The number of nitrogens with zero attached hydrogens (tertiary/aromatic N) is 1. The summed E-state index contributed by atoms with van der Waals surface area (Å²) in [5, 5.41) is 0. The second kappa shape index (κ2) is 15.5. The first kappa shape index (κ1) is 31.7. The highest BCUT2D eigenvalue weighted by atomic mass is 32.2. The fourth-order valence-corrected chi connectivity index (χ4v) is 4.82. The molecule has 33 heavy (non-hydrogen) atoms. The maximum atomic E-state index is 10.8. The molecule has 8 nitrogen and oxygen atoms in total. The predicted molar refractivity (Wildman–Crippen MR) is 131 cm³/mol. The molecule has 0 saturated carbocycles. The first-order valence-electron chi connectivity index (χ1n) is 11.8. The lowest BCUT2D eigenvalue weighted by molar-refractivity contribution is -0.929. The van der Waals surface area contributed by atoms with E-state index in [0.717, 1.165) is 6.07 Å². The highest BCUT2D eigenvalue weighted by molar-refractivity contribution is 7.86. The minimum atomic E-state index is -4.62. The van der Waals surface area contributed by atoms with Gasteiger partial charge in [0.05, 0.1) is 31.1 Å². The third-order valence-electron chi connectivity index (χ3n) is 5.63. The second-order valence-corrected chi connectivity index (χ2v) is 11.2. The number of hydrogen-bond acceptors (Lipinski definition) is 5. The van der Waals surface area contributed by atoms with Gasteiger partial charge >= 0.3 is 0 Å². The Morgan fingerprint density at radius 2 is 1.12 bits per heavy atom. The Morgan fingerprint density at radius 3 is 1.39 bits per heavy atom. The molecule has 10 heteroatoms. The normalized spacial score (nSPS) is 12.2. The van der Waals surface area contributed by atoms with Gasteiger partial charge in [-0.25, -0.2) is 0 Å². The highest BCUT2D eigenvalue weighted by Crippen LogP contribution is 2.19. The lowest BCUT2D eigenvalue weighted by Gasteiger charge is -2.39. The summed E-state index contributed by atoms with van der Waals surface area (Å²) in [6.45, 7) is 15.0. The fourth-order valence-electron chi connectivity index (χ4n) is 3.66. The Bertz CT molecular complexity index is 875. The standard InChI is InChI=1S/C16H36N.C7H6O7S2/c1-5-9-13-17(14-10-6-2,15-11-7-3)16-12-8-4;8-4-5-3-6(15(9,10)11)1-2-7(5)16(12,13)14/h5-16H2,1-4H3;1-4H,(H,9,10,11)(H,12,13,14)/q+1;. The van der Waals surface area contributed by atoms with E-state index in [0.29, 0.717) is 12.1 Å². The zero-order valence-electron chi connectivity index (χ0n) is 20.5. The maximum Gasteiger partial charge on any atom is 0.295 e. The SMILES string of the molecule is CCCC[N+](CCCC)(CCCC)CCCC.O=Cc1cc(S(=O)(=O)O)ccc1S(=O)(=O)O. The molecule has 0 atom stereocenters. The largest absolute Gasteiger partial charge is 0.324 e. The molecule has 2 N–H and O–H groups in total. The average Bonchev–Trinajstić information content (AvgIpc) is 2.77. The van der Waals surface area contributed by atoms with E-state index in [1.807, 2.05) is 0 Å². The molecule has 0 saturated heterocycles. The van der Waals surface area contributed by atoms with Gasteiger partial charge < -0.3 is 4.48 Å². The van der Waals surface area contributed by atoms with Gasteiger partial charge in [0.1, 0.15) is 4.90 Å². The lowest BCUT2D eigenvalue weighted by Crippen LogP contribution is -2.50. The van der Waals surface area contributed by atoms with Gasteiger partial charge in [0.25, 0.3) is 20.2 Å². The molecule has 1 aromatic rings. The summed E-state index contributed by atoms with van der Waals surface area (Å²) in [5.74, 6) is 0. The van der Waals surface area contributed by atoms with Gasteiger partial charge in [-0.3, -0.25) is 13.9 Å². The quantitative estimate of drug-likeness (QED) is 0.194. The molecule has 0 aliphatic heterocycles.